The first kappa shape index (κ1) is 23.8. The van der Waals surface area contributed by atoms with Crippen LogP contribution < -0.4 is 9.47 Å². The van der Waals surface area contributed by atoms with Crippen molar-refractivity contribution in [3.8, 4) is 22.9 Å². The van der Waals surface area contributed by atoms with Crippen molar-refractivity contribution < 1.29 is 19.0 Å². The van der Waals surface area contributed by atoms with Gasteiger partial charge in [-0.05, 0) is 56.1 Å². The molecule has 1 amide bonds. The number of pyridine rings is 2. The Morgan fingerprint density at radius 3 is 2.72 bits per heavy atom. The zero-order chi connectivity index (χ0) is 23.5. The molecule has 0 aliphatic carbocycles. The van der Waals surface area contributed by atoms with Crippen LogP contribution in [0.4, 0.5) is 4.79 Å². The lowest BCUT2D eigenvalue weighted by molar-refractivity contribution is 0.0292. The molecular formula is C22H28BrN5O4. The van der Waals surface area contributed by atoms with Crippen LogP contribution in [0, 0.1) is 6.92 Å². The van der Waals surface area contributed by atoms with Gasteiger partial charge in [0.2, 0.25) is 5.88 Å². The topological polar surface area (TPSA) is 102 Å². The van der Waals surface area contributed by atoms with Crippen molar-refractivity contribution in [3.05, 3.63) is 28.6 Å². The van der Waals surface area contributed by atoms with E-state index in [2.05, 4.69) is 31.1 Å². The molecule has 3 rings (SSSR count). The zero-order valence-corrected chi connectivity index (χ0v) is 20.7. The van der Waals surface area contributed by atoms with Crippen LogP contribution >= 0.6 is 15.9 Å². The molecule has 3 aromatic rings. The maximum absolute atomic E-state index is 12.1. The Hall–Kier alpha value is -2.88. The number of carbonyl (C=O) groups excluding carboxylic acids is 1. The van der Waals surface area contributed by atoms with Crippen molar-refractivity contribution in [3.63, 3.8) is 0 Å². The van der Waals surface area contributed by atoms with Gasteiger partial charge in [-0.2, -0.15) is 5.10 Å². The number of rotatable bonds is 7. The van der Waals surface area contributed by atoms with Crippen LogP contribution in [0.15, 0.2) is 22.9 Å². The molecule has 32 heavy (non-hydrogen) atoms. The van der Waals surface area contributed by atoms with Gasteiger partial charge in [-0.15, -0.1) is 0 Å². The second kappa shape index (κ2) is 9.72. The van der Waals surface area contributed by atoms with E-state index in [0.29, 0.717) is 31.2 Å². The number of nitrogens with zero attached hydrogens (tertiary/aromatic N) is 4. The van der Waals surface area contributed by atoms with Crippen molar-refractivity contribution in [1.29, 1.82) is 0 Å². The summed E-state index contributed by atoms with van der Waals surface area (Å²) in [5, 5.41) is 8.13. The summed E-state index contributed by atoms with van der Waals surface area (Å²) in [5.41, 5.74) is 2.55. The number of ether oxygens (including phenoxy) is 3. The van der Waals surface area contributed by atoms with E-state index in [1.165, 1.54) is 4.90 Å². The molecule has 0 atom stereocenters. The van der Waals surface area contributed by atoms with Gasteiger partial charge in [-0.25, -0.2) is 9.78 Å². The molecule has 172 valence electrons. The van der Waals surface area contributed by atoms with E-state index in [1.54, 1.807) is 26.4 Å². The van der Waals surface area contributed by atoms with Crippen molar-refractivity contribution >= 4 is 32.9 Å². The zero-order valence-electron chi connectivity index (χ0n) is 19.2. The smallest absolute Gasteiger partial charge is 0.410 e. The van der Waals surface area contributed by atoms with Gasteiger partial charge < -0.3 is 19.1 Å². The van der Waals surface area contributed by atoms with Crippen LogP contribution in [0.3, 0.4) is 0 Å². The molecule has 0 radical (unpaired) electrons. The molecular weight excluding hydrogens is 478 g/mol. The van der Waals surface area contributed by atoms with Gasteiger partial charge in [0.05, 0.1) is 31.3 Å². The number of aromatic amines is 1. The van der Waals surface area contributed by atoms with E-state index in [-0.39, 0.29) is 6.09 Å². The molecule has 3 aromatic heterocycles. The number of hydrogen-bond donors (Lipinski definition) is 1. The summed E-state index contributed by atoms with van der Waals surface area (Å²) in [7, 11) is 3.27. The highest BCUT2D eigenvalue weighted by molar-refractivity contribution is 9.10. The number of nitrogens with one attached hydrogen (secondary N) is 1. The van der Waals surface area contributed by atoms with Crippen LogP contribution in [0.1, 0.15) is 32.9 Å². The number of H-pyrrole nitrogens is 1. The summed E-state index contributed by atoms with van der Waals surface area (Å²) in [6, 6.07) is 3.73. The molecule has 0 saturated heterocycles. The van der Waals surface area contributed by atoms with Crippen molar-refractivity contribution in [2.45, 2.75) is 39.7 Å². The standard InChI is InChI=1S/C22H28BrN5O4/c1-13-19-15(20(23)27-26-19)10-16(25-13)14-11-18(30-6)24-12-17(14)31-9-7-8-28(5)21(29)32-22(2,3)4/h10-12H,7-9H2,1-6H3,(H,26,27). The normalized spacial score (nSPS) is 11.5. The van der Waals surface area contributed by atoms with Gasteiger partial charge in [0.1, 0.15) is 21.5 Å². The molecule has 0 saturated carbocycles. The highest BCUT2D eigenvalue weighted by Gasteiger charge is 2.19. The number of amides is 1. The molecule has 9 nitrogen and oxygen atoms in total. The molecule has 0 aliphatic heterocycles. The fourth-order valence-corrected chi connectivity index (χ4v) is 3.43. The van der Waals surface area contributed by atoms with Crippen molar-refractivity contribution in [2.24, 2.45) is 0 Å². The molecule has 1 N–H and O–H groups in total. The second-order valence-electron chi connectivity index (χ2n) is 8.35. The van der Waals surface area contributed by atoms with E-state index >= 15 is 0 Å². The summed E-state index contributed by atoms with van der Waals surface area (Å²) in [5.74, 6) is 1.04. The maximum Gasteiger partial charge on any atom is 0.410 e. The molecule has 0 bridgehead atoms. The minimum Gasteiger partial charge on any atom is -0.491 e. The third-order valence-electron chi connectivity index (χ3n) is 4.60. The average molecular weight is 506 g/mol. The minimum absolute atomic E-state index is 0.358. The number of methoxy groups -OCH3 is 1. The maximum atomic E-state index is 12.1. The third kappa shape index (κ3) is 5.67. The highest BCUT2D eigenvalue weighted by Crippen LogP contribution is 2.34. The fourth-order valence-electron chi connectivity index (χ4n) is 3.04. The Kier molecular flexibility index (Phi) is 7.22. The van der Waals surface area contributed by atoms with E-state index in [9.17, 15) is 4.79 Å². The first-order chi connectivity index (χ1) is 15.1. The lowest BCUT2D eigenvalue weighted by atomic mass is 10.1. The molecule has 3 heterocycles. The average Bonchev–Trinajstić information content (AvgIpc) is 3.11. The van der Waals surface area contributed by atoms with Crippen LogP contribution in [0.5, 0.6) is 11.6 Å². The third-order valence-corrected chi connectivity index (χ3v) is 5.20. The number of hydrogen-bond acceptors (Lipinski definition) is 7. The summed E-state index contributed by atoms with van der Waals surface area (Å²) < 4.78 is 17.5. The quantitative estimate of drug-likeness (QED) is 0.462. The second-order valence-corrected chi connectivity index (χ2v) is 9.15. The van der Waals surface area contributed by atoms with Gasteiger partial charge in [-0.3, -0.25) is 10.1 Å². The van der Waals surface area contributed by atoms with Gasteiger partial charge in [0.15, 0.2) is 0 Å². The minimum atomic E-state index is -0.526. The predicted octanol–water partition coefficient (Wildman–Crippen LogP) is 4.74. The Labute approximate surface area is 195 Å². The van der Waals surface area contributed by atoms with Crippen molar-refractivity contribution in [1.82, 2.24) is 25.1 Å². The Bertz CT molecular complexity index is 1110. The molecule has 0 aromatic carbocycles. The first-order valence-electron chi connectivity index (χ1n) is 10.2. The van der Waals surface area contributed by atoms with Crippen molar-refractivity contribution in [2.75, 3.05) is 27.3 Å². The number of fused-ring (bicyclic) bond motifs is 1. The van der Waals surface area contributed by atoms with Crippen LogP contribution in [-0.2, 0) is 4.74 Å². The molecule has 0 spiro atoms. The fraction of sp³-hybridized carbons (Fsp3) is 0.455. The summed E-state index contributed by atoms with van der Waals surface area (Å²) in [6.07, 6.45) is 1.89. The van der Waals surface area contributed by atoms with Crippen LogP contribution in [0.25, 0.3) is 22.2 Å². The summed E-state index contributed by atoms with van der Waals surface area (Å²) in [6.45, 7) is 8.33. The Morgan fingerprint density at radius 2 is 2.03 bits per heavy atom. The highest BCUT2D eigenvalue weighted by atomic mass is 79.9. The van der Waals surface area contributed by atoms with Crippen LogP contribution in [0.2, 0.25) is 0 Å². The largest absolute Gasteiger partial charge is 0.491 e. The van der Waals surface area contributed by atoms with Gasteiger partial charge >= 0.3 is 6.09 Å². The van der Waals surface area contributed by atoms with E-state index < -0.39 is 5.60 Å². The first-order valence-corrected chi connectivity index (χ1v) is 11.0. The number of aryl methyl sites for hydroxylation is 1. The molecule has 0 fully saturated rings. The van der Waals surface area contributed by atoms with E-state index in [0.717, 1.165) is 32.5 Å². The lowest BCUT2D eigenvalue weighted by Crippen LogP contribution is -2.35. The lowest BCUT2D eigenvalue weighted by Gasteiger charge is -2.24. The van der Waals surface area contributed by atoms with Gasteiger partial charge in [0, 0.05) is 30.6 Å². The number of carbonyl (C=O) groups is 1. The summed E-state index contributed by atoms with van der Waals surface area (Å²) >= 11 is 3.49. The molecule has 10 heteroatoms. The number of halogens is 1. The monoisotopic (exact) mass is 505 g/mol. The summed E-state index contributed by atoms with van der Waals surface area (Å²) in [4.78, 5) is 22.6. The van der Waals surface area contributed by atoms with Crippen LogP contribution in [-0.4, -0.2) is 64.1 Å². The Morgan fingerprint density at radius 1 is 1.28 bits per heavy atom. The number of aromatic nitrogens is 4. The molecule has 0 aliphatic rings. The van der Waals surface area contributed by atoms with Gasteiger partial charge in [0.25, 0.3) is 0 Å². The predicted molar refractivity (Wildman–Crippen MR) is 125 cm³/mol. The van der Waals surface area contributed by atoms with Gasteiger partial charge in [-0.1, -0.05) is 0 Å². The van der Waals surface area contributed by atoms with E-state index in [4.69, 9.17) is 19.2 Å². The SMILES string of the molecule is COc1cc(-c2cc3c(Br)[nH]nc3c(C)n2)c(OCCCN(C)C(=O)OC(C)(C)C)cn1. The molecule has 0 unspecified atom stereocenters. The van der Waals surface area contributed by atoms with E-state index in [1.807, 2.05) is 33.8 Å². The Balaban J connectivity index is 1.75.